The molecule has 0 saturated heterocycles. The van der Waals surface area contributed by atoms with Crippen molar-refractivity contribution in [2.75, 3.05) is 12.8 Å². The smallest absolute Gasteiger partial charge is 0.175 e. The Morgan fingerprint density at radius 2 is 1.90 bits per heavy atom. The van der Waals surface area contributed by atoms with E-state index in [9.17, 15) is 8.42 Å². The number of benzene rings is 1. The van der Waals surface area contributed by atoms with E-state index < -0.39 is 9.84 Å². The Hall–Kier alpha value is -0.870. The largest absolute Gasteiger partial charge is 0.310 e. The molecule has 1 rings (SSSR count). The van der Waals surface area contributed by atoms with Crippen LogP contribution in [-0.2, 0) is 9.84 Å². The number of hydrogen-bond donors (Lipinski definition) is 1. The normalized spacial score (nSPS) is 13.3. The van der Waals surface area contributed by atoms with Crippen molar-refractivity contribution in [3.8, 4) is 0 Å². The average Bonchev–Trinajstić information content (AvgIpc) is 2.41. The molecule has 0 saturated carbocycles. The maximum absolute atomic E-state index is 11.6. The highest BCUT2D eigenvalue weighted by Gasteiger charge is 2.13. The first-order valence-corrected chi connectivity index (χ1v) is 9.41. The van der Waals surface area contributed by atoms with Gasteiger partial charge in [-0.2, -0.15) is 0 Å². The second kappa shape index (κ2) is 8.42. The van der Waals surface area contributed by atoms with E-state index in [1.165, 1.54) is 31.9 Å². The van der Waals surface area contributed by atoms with Crippen LogP contribution in [-0.4, -0.2) is 21.2 Å². The number of rotatable bonds is 9. The third-order valence-electron chi connectivity index (χ3n) is 3.49. The summed E-state index contributed by atoms with van der Waals surface area (Å²) in [6.07, 6.45) is 7.23. The molecular weight excluding hydrogens is 270 g/mol. The summed E-state index contributed by atoms with van der Waals surface area (Å²) >= 11 is 0. The van der Waals surface area contributed by atoms with Crippen LogP contribution in [0.5, 0.6) is 0 Å². The molecule has 0 aliphatic rings. The van der Waals surface area contributed by atoms with E-state index in [2.05, 4.69) is 19.2 Å². The molecule has 0 aliphatic heterocycles. The van der Waals surface area contributed by atoms with Crippen molar-refractivity contribution >= 4 is 9.84 Å². The molecule has 0 spiro atoms. The highest BCUT2D eigenvalue weighted by molar-refractivity contribution is 7.90. The summed E-state index contributed by atoms with van der Waals surface area (Å²) in [7, 11) is -3.13. The van der Waals surface area contributed by atoms with Crippen LogP contribution in [0.4, 0.5) is 0 Å². The van der Waals surface area contributed by atoms with Gasteiger partial charge in [0.05, 0.1) is 4.90 Å². The predicted octanol–water partition coefficient (Wildman–Crippen LogP) is 3.71. The van der Waals surface area contributed by atoms with Crippen molar-refractivity contribution in [3.63, 3.8) is 0 Å². The van der Waals surface area contributed by atoms with E-state index in [0.29, 0.717) is 4.90 Å². The molecule has 0 radical (unpaired) electrons. The lowest BCUT2D eigenvalue weighted by Crippen LogP contribution is -2.21. The average molecular weight is 297 g/mol. The zero-order valence-electron chi connectivity index (χ0n) is 12.9. The minimum atomic E-state index is -3.13. The summed E-state index contributed by atoms with van der Waals surface area (Å²) in [4.78, 5) is 0.409. The summed E-state index contributed by atoms with van der Waals surface area (Å²) in [5.41, 5.74) is 1.08. The number of unbranched alkanes of at least 4 members (excludes halogenated alkanes) is 3. The maximum atomic E-state index is 11.6. The van der Waals surface area contributed by atoms with Crippen LogP contribution in [0.2, 0.25) is 0 Å². The molecule has 0 aromatic heterocycles. The van der Waals surface area contributed by atoms with Crippen molar-refractivity contribution in [3.05, 3.63) is 29.8 Å². The predicted molar refractivity (Wildman–Crippen MR) is 84.7 cm³/mol. The molecule has 0 bridgehead atoms. The van der Waals surface area contributed by atoms with Gasteiger partial charge < -0.3 is 5.32 Å². The van der Waals surface area contributed by atoms with E-state index >= 15 is 0 Å². The summed E-state index contributed by atoms with van der Waals surface area (Å²) in [5.74, 6) is 0. The Balaban J connectivity index is 2.80. The molecule has 20 heavy (non-hydrogen) atoms. The van der Waals surface area contributed by atoms with Crippen LogP contribution >= 0.6 is 0 Å². The molecule has 1 N–H and O–H groups in total. The summed E-state index contributed by atoms with van der Waals surface area (Å²) in [6.45, 7) is 5.18. The minimum Gasteiger partial charge on any atom is -0.310 e. The van der Waals surface area contributed by atoms with Crippen LogP contribution in [0.3, 0.4) is 0 Å². The Labute approximate surface area is 123 Å². The molecule has 0 fully saturated rings. The van der Waals surface area contributed by atoms with Gasteiger partial charge in [-0.05, 0) is 30.7 Å². The molecule has 0 amide bonds. The van der Waals surface area contributed by atoms with Gasteiger partial charge in [0.2, 0.25) is 0 Å². The fourth-order valence-corrected chi connectivity index (χ4v) is 3.05. The second-order valence-electron chi connectivity index (χ2n) is 5.30. The van der Waals surface area contributed by atoms with Crippen molar-refractivity contribution in [2.45, 2.75) is 56.9 Å². The van der Waals surface area contributed by atoms with Gasteiger partial charge >= 0.3 is 0 Å². The summed E-state index contributed by atoms with van der Waals surface area (Å²) in [6, 6.07) is 7.57. The third-order valence-corrected chi connectivity index (χ3v) is 4.60. The zero-order chi connectivity index (χ0) is 15.0. The third kappa shape index (κ3) is 5.63. The standard InChI is InChI=1S/C16H27NO2S/c1-4-6-7-8-12-16(17-5-2)14-10-9-11-15(13-14)20(3,18)19/h9-11,13,16-17H,4-8,12H2,1-3H3. The molecule has 1 aromatic rings. The number of sulfone groups is 1. The Morgan fingerprint density at radius 1 is 1.15 bits per heavy atom. The quantitative estimate of drug-likeness (QED) is 0.707. The molecule has 1 unspecified atom stereocenters. The zero-order valence-corrected chi connectivity index (χ0v) is 13.7. The molecule has 114 valence electrons. The van der Waals surface area contributed by atoms with Crippen LogP contribution in [0.1, 0.15) is 57.6 Å². The topological polar surface area (TPSA) is 46.2 Å². The van der Waals surface area contributed by atoms with Gasteiger partial charge in [-0.1, -0.05) is 51.7 Å². The van der Waals surface area contributed by atoms with Crippen molar-refractivity contribution in [1.82, 2.24) is 5.32 Å². The lowest BCUT2D eigenvalue weighted by atomic mass is 10.00. The van der Waals surface area contributed by atoms with Gasteiger partial charge in [-0.25, -0.2) is 8.42 Å². The van der Waals surface area contributed by atoms with E-state index in [4.69, 9.17) is 0 Å². The van der Waals surface area contributed by atoms with Crippen LogP contribution < -0.4 is 5.32 Å². The summed E-state index contributed by atoms with van der Waals surface area (Å²) in [5, 5.41) is 3.46. The Kier molecular flexibility index (Phi) is 7.24. The second-order valence-corrected chi connectivity index (χ2v) is 7.32. The SMILES string of the molecule is CCCCCCC(NCC)c1cccc(S(C)(=O)=O)c1. The Morgan fingerprint density at radius 3 is 2.50 bits per heavy atom. The van der Waals surface area contributed by atoms with Gasteiger partial charge in [-0.3, -0.25) is 0 Å². The van der Waals surface area contributed by atoms with Gasteiger partial charge in [0.1, 0.15) is 0 Å². The first kappa shape index (κ1) is 17.2. The first-order chi connectivity index (χ1) is 9.49. The van der Waals surface area contributed by atoms with E-state index in [0.717, 1.165) is 18.5 Å². The molecule has 4 heteroatoms. The molecule has 0 aliphatic carbocycles. The molecular formula is C16H27NO2S. The highest BCUT2D eigenvalue weighted by atomic mass is 32.2. The van der Waals surface area contributed by atoms with E-state index in [1.807, 2.05) is 18.2 Å². The molecule has 1 aromatic carbocycles. The number of hydrogen-bond acceptors (Lipinski definition) is 3. The first-order valence-electron chi connectivity index (χ1n) is 7.52. The van der Waals surface area contributed by atoms with Crippen molar-refractivity contribution in [1.29, 1.82) is 0 Å². The molecule has 0 heterocycles. The van der Waals surface area contributed by atoms with Gasteiger partial charge in [0.15, 0.2) is 9.84 Å². The van der Waals surface area contributed by atoms with Gasteiger partial charge in [0.25, 0.3) is 0 Å². The maximum Gasteiger partial charge on any atom is 0.175 e. The van der Waals surface area contributed by atoms with Crippen LogP contribution in [0.25, 0.3) is 0 Å². The van der Waals surface area contributed by atoms with Gasteiger partial charge in [0, 0.05) is 12.3 Å². The Bertz CT molecular complexity index is 497. The van der Waals surface area contributed by atoms with Crippen LogP contribution in [0.15, 0.2) is 29.2 Å². The van der Waals surface area contributed by atoms with E-state index in [1.54, 1.807) is 6.07 Å². The molecule has 1 atom stereocenters. The fourth-order valence-electron chi connectivity index (χ4n) is 2.37. The highest BCUT2D eigenvalue weighted by Crippen LogP contribution is 2.22. The van der Waals surface area contributed by atoms with Crippen molar-refractivity contribution in [2.24, 2.45) is 0 Å². The minimum absolute atomic E-state index is 0.249. The lowest BCUT2D eigenvalue weighted by Gasteiger charge is -2.19. The van der Waals surface area contributed by atoms with Crippen molar-refractivity contribution < 1.29 is 8.42 Å². The van der Waals surface area contributed by atoms with Gasteiger partial charge in [-0.15, -0.1) is 0 Å². The van der Waals surface area contributed by atoms with E-state index in [-0.39, 0.29) is 6.04 Å². The fraction of sp³-hybridized carbons (Fsp3) is 0.625. The number of nitrogens with one attached hydrogen (secondary N) is 1. The monoisotopic (exact) mass is 297 g/mol. The lowest BCUT2D eigenvalue weighted by molar-refractivity contribution is 0.481. The van der Waals surface area contributed by atoms with Crippen LogP contribution in [0, 0.1) is 0 Å². The molecule has 3 nitrogen and oxygen atoms in total. The summed E-state index contributed by atoms with van der Waals surface area (Å²) < 4.78 is 23.3.